The Morgan fingerprint density at radius 3 is 2.07 bits per heavy atom. The molecule has 3 rings (SSSR count). The van der Waals surface area contributed by atoms with Crippen molar-refractivity contribution in [3.05, 3.63) is 82.4 Å². The molecule has 1 aromatic carbocycles. The van der Waals surface area contributed by atoms with Gasteiger partial charge < -0.3 is 5.11 Å². The molecule has 0 aromatic heterocycles. The summed E-state index contributed by atoms with van der Waals surface area (Å²) < 4.78 is 38.2. The first-order valence-corrected chi connectivity index (χ1v) is 8.14. The third-order valence-electron chi connectivity index (χ3n) is 4.49. The zero-order valence-corrected chi connectivity index (χ0v) is 14.3. The van der Waals surface area contributed by atoms with Gasteiger partial charge in [0.25, 0.3) is 0 Å². The fraction of sp³-hybridized carbons (Fsp3) is 0.143. The summed E-state index contributed by atoms with van der Waals surface area (Å²) in [5.74, 6) is -1.46. The molecule has 138 valence electrons. The number of carbonyl (C=O) groups excluding carboxylic acids is 1. The summed E-state index contributed by atoms with van der Waals surface area (Å²) in [5, 5.41) is 9.19. The maximum absolute atomic E-state index is 13.0. The van der Waals surface area contributed by atoms with E-state index in [1.807, 2.05) is 0 Å². The number of halogens is 3. The van der Waals surface area contributed by atoms with Gasteiger partial charge in [-0.2, -0.15) is 13.2 Å². The number of fused-ring (bicyclic) bond motifs is 1. The second kappa shape index (κ2) is 6.87. The van der Waals surface area contributed by atoms with Gasteiger partial charge in [-0.15, -0.1) is 0 Å². The Morgan fingerprint density at radius 2 is 1.52 bits per heavy atom. The van der Waals surface area contributed by atoms with Gasteiger partial charge in [0.15, 0.2) is 5.78 Å². The van der Waals surface area contributed by atoms with E-state index in [9.17, 15) is 27.9 Å². The van der Waals surface area contributed by atoms with E-state index >= 15 is 0 Å². The summed E-state index contributed by atoms with van der Waals surface area (Å²) in [7, 11) is 0. The zero-order chi connectivity index (χ0) is 19.8. The van der Waals surface area contributed by atoms with Crippen molar-refractivity contribution in [3.8, 4) is 11.1 Å². The molecular formula is C21H15F3O3. The van der Waals surface area contributed by atoms with Crippen molar-refractivity contribution in [1.82, 2.24) is 0 Å². The van der Waals surface area contributed by atoms with E-state index < -0.39 is 23.5 Å². The van der Waals surface area contributed by atoms with Crippen LogP contribution in [-0.4, -0.2) is 16.9 Å². The van der Waals surface area contributed by atoms with Crippen LogP contribution < -0.4 is 0 Å². The number of carboxylic acid groups (broad SMARTS) is 1. The van der Waals surface area contributed by atoms with E-state index in [0.717, 1.165) is 24.3 Å². The Labute approximate surface area is 153 Å². The Kier molecular flexibility index (Phi) is 4.74. The van der Waals surface area contributed by atoms with Gasteiger partial charge in [-0.25, -0.2) is 0 Å². The van der Waals surface area contributed by atoms with Gasteiger partial charge >= 0.3 is 12.1 Å². The standard InChI is InChI=1S/C21H15F3O3/c1-12-17(11-18(25)26)15-5-3-2-4-6-16(15)19(12)20(27)13-7-9-14(10-8-13)21(22,23)24/h2-10H,11H2,1H3,(H,25,26). The molecule has 0 fully saturated rings. The van der Waals surface area contributed by atoms with Gasteiger partial charge in [-0.3, -0.25) is 9.59 Å². The second-order valence-corrected chi connectivity index (χ2v) is 6.19. The normalized spacial score (nSPS) is 11.6. The molecule has 0 radical (unpaired) electrons. The van der Waals surface area contributed by atoms with Gasteiger partial charge in [0, 0.05) is 11.1 Å². The zero-order valence-electron chi connectivity index (χ0n) is 14.3. The highest BCUT2D eigenvalue weighted by molar-refractivity contribution is 6.15. The molecule has 0 saturated heterocycles. The molecule has 1 aromatic rings. The molecule has 0 saturated carbocycles. The molecule has 2 aliphatic rings. The average Bonchev–Trinajstić information content (AvgIpc) is 2.76. The summed E-state index contributed by atoms with van der Waals surface area (Å²) in [6.07, 6.45) is -4.72. The van der Waals surface area contributed by atoms with Crippen LogP contribution in [0.25, 0.3) is 11.1 Å². The number of carboxylic acids is 1. The van der Waals surface area contributed by atoms with Crippen LogP contribution in [0.5, 0.6) is 0 Å². The van der Waals surface area contributed by atoms with Gasteiger partial charge in [0.1, 0.15) is 0 Å². The van der Waals surface area contributed by atoms with Crippen LogP contribution in [0.4, 0.5) is 13.2 Å². The fourth-order valence-electron chi connectivity index (χ4n) is 3.21. The van der Waals surface area contributed by atoms with Crippen LogP contribution >= 0.6 is 0 Å². The number of hydrogen-bond donors (Lipinski definition) is 1. The first-order valence-electron chi connectivity index (χ1n) is 8.14. The van der Waals surface area contributed by atoms with Gasteiger partial charge in [-0.1, -0.05) is 42.5 Å². The van der Waals surface area contributed by atoms with Crippen molar-refractivity contribution in [2.75, 3.05) is 0 Å². The molecular weight excluding hydrogens is 357 g/mol. The molecule has 0 atom stereocenters. The third kappa shape index (κ3) is 3.56. The fourth-order valence-corrected chi connectivity index (χ4v) is 3.21. The Morgan fingerprint density at radius 1 is 0.926 bits per heavy atom. The number of carbonyl (C=O) groups is 2. The summed E-state index contributed by atoms with van der Waals surface area (Å²) in [6.45, 7) is 1.66. The van der Waals surface area contributed by atoms with Gasteiger partial charge in [-0.05, 0) is 41.3 Å². The van der Waals surface area contributed by atoms with E-state index in [1.54, 1.807) is 37.3 Å². The summed E-state index contributed by atoms with van der Waals surface area (Å²) in [4.78, 5) is 24.2. The third-order valence-corrected chi connectivity index (χ3v) is 4.49. The second-order valence-electron chi connectivity index (χ2n) is 6.19. The van der Waals surface area contributed by atoms with Crippen molar-refractivity contribution in [2.24, 2.45) is 0 Å². The number of benzene rings is 1. The quantitative estimate of drug-likeness (QED) is 0.658. The molecule has 0 amide bonds. The van der Waals surface area contributed by atoms with Crippen molar-refractivity contribution < 1.29 is 27.9 Å². The molecule has 3 nitrogen and oxygen atoms in total. The summed E-state index contributed by atoms with van der Waals surface area (Å²) in [5.41, 5.74) is 1.89. The number of rotatable bonds is 4. The lowest BCUT2D eigenvalue weighted by molar-refractivity contribution is -0.138. The van der Waals surface area contributed by atoms with Crippen molar-refractivity contribution in [2.45, 2.75) is 19.5 Å². The van der Waals surface area contributed by atoms with Crippen LogP contribution in [0, 0.1) is 6.92 Å². The molecule has 0 spiro atoms. The minimum Gasteiger partial charge on any atom is -0.481 e. The molecule has 0 unspecified atom stereocenters. The molecule has 27 heavy (non-hydrogen) atoms. The smallest absolute Gasteiger partial charge is 0.416 e. The van der Waals surface area contributed by atoms with Crippen molar-refractivity contribution in [3.63, 3.8) is 0 Å². The average molecular weight is 372 g/mol. The van der Waals surface area contributed by atoms with E-state index in [4.69, 9.17) is 0 Å². The summed E-state index contributed by atoms with van der Waals surface area (Å²) in [6, 6.07) is 12.7. The maximum atomic E-state index is 13.0. The number of hydrogen-bond acceptors (Lipinski definition) is 2. The molecule has 0 aliphatic heterocycles. The minimum absolute atomic E-state index is 0.117. The number of ketones is 1. The highest BCUT2D eigenvalue weighted by Gasteiger charge is 2.31. The largest absolute Gasteiger partial charge is 0.481 e. The lowest BCUT2D eigenvalue weighted by Crippen LogP contribution is -2.07. The van der Waals surface area contributed by atoms with Crippen molar-refractivity contribution >= 4 is 11.8 Å². The van der Waals surface area contributed by atoms with Crippen LogP contribution in [0.1, 0.15) is 32.6 Å². The van der Waals surface area contributed by atoms with Crippen molar-refractivity contribution in [1.29, 1.82) is 0 Å². The highest BCUT2D eigenvalue weighted by Crippen LogP contribution is 2.38. The molecule has 2 aliphatic carbocycles. The predicted molar refractivity (Wildman–Crippen MR) is 94.0 cm³/mol. The van der Waals surface area contributed by atoms with Gasteiger partial charge in [0.2, 0.25) is 0 Å². The molecule has 0 bridgehead atoms. The lowest BCUT2D eigenvalue weighted by Gasteiger charge is -2.08. The predicted octanol–water partition coefficient (Wildman–Crippen LogP) is 4.98. The first-order chi connectivity index (χ1) is 12.7. The highest BCUT2D eigenvalue weighted by atomic mass is 19.4. The first kappa shape index (κ1) is 18.6. The Bertz CT molecular complexity index is 989. The SMILES string of the molecule is Cc1c(CC(=O)O)c2cccccc-2c1C(=O)c1ccc(C(F)(F)F)cc1. The maximum Gasteiger partial charge on any atom is 0.416 e. The number of alkyl halides is 3. The molecule has 0 heterocycles. The minimum atomic E-state index is -4.48. The van der Waals surface area contributed by atoms with Crippen LogP contribution in [-0.2, 0) is 17.4 Å². The topological polar surface area (TPSA) is 54.4 Å². The van der Waals surface area contributed by atoms with Crippen LogP contribution in [0.3, 0.4) is 0 Å². The molecule has 1 N–H and O–H groups in total. The van der Waals surface area contributed by atoms with Crippen LogP contribution in [0.15, 0.2) is 54.6 Å². The van der Waals surface area contributed by atoms with E-state index in [0.29, 0.717) is 27.8 Å². The van der Waals surface area contributed by atoms with Crippen LogP contribution in [0.2, 0.25) is 0 Å². The monoisotopic (exact) mass is 372 g/mol. The lowest BCUT2D eigenvalue weighted by atomic mass is 9.98. The van der Waals surface area contributed by atoms with E-state index in [1.165, 1.54) is 0 Å². The van der Waals surface area contributed by atoms with E-state index in [2.05, 4.69) is 0 Å². The molecule has 6 heteroatoms. The van der Waals surface area contributed by atoms with E-state index in [-0.39, 0.29) is 12.0 Å². The number of aliphatic carboxylic acids is 1. The Hall–Kier alpha value is -3.15. The summed E-state index contributed by atoms with van der Waals surface area (Å²) >= 11 is 0. The van der Waals surface area contributed by atoms with Gasteiger partial charge in [0.05, 0.1) is 12.0 Å². The Balaban J connectivity index is 2.13.